The van der Waals surface area contributed by atoms with Gasteiger partial charge in [-0.15, -0.1) is 0 Å². The first kappa shape index (κ1) is 15.6. The molecule has 0 bridgehead atoms. The van der Waals surface area contributed by atoms with E-state index in [1.165, 1.54) is 13.2 Å². The minimum Gasteiger partial charge on any atom is -0.481 e. The molecular weight excluding hydrogens is 337 g/mol. The molecule has 0 saturated heterocycles. The van der Waals surface area contributed by atoms with Crippen molar-refractivity contribution in [2.24, 2.45) is 0 Å². The van der Waals surface area contributed by atoms with Crippen LogP contribution in [0.3, 0.4) is 0 Å². The number of halogens is 4. The van der Waals surface area contributed by atoms with Crippen LogP contribution in [0.2, 0.25) is 5.15 Å². The van der Waals surface area contributed by atoms with Gasteiger partial charge in [-0.2, -0.15) is 21.6 Å². The van der Waals surface area contributed by atoms with Crippen molar-refractivity contribution in [3.63, 3.8) is 0 Å². The fourth-order valence-corrected chi connectivity index (χ4v) is 2.08. The zero-order valence-electron chi connectivity index (χ0n) is 10.2. The Morgan fingerprint density at radius 1 is 1.24 bits per heavy atom. The van der Waals surface area contributed by atoms with Crippen LogP contribution in [-0.4, -0.2) is 31.0 Å². The van der Waals surface area contributed by atoms with E-state index in [1.54, 1.807) is 0 Å². The van der Waals surface area contributed by atoms with E-state index in [0.717, 1.165) is 12.3 Å². The summed E-state index contributed by atoms with van der Waals surface area (Å²) in [4.78, 5) is 7.27. The molecule has 0 spiro atoms. The van der Waals surface area contributed by atoms with Gasteiger partial charge in [0.2, 0.25) is 11.8 Å². The zero-order chi connectivity index (χ0) is 15.8. The first-order chi connectivity index (χ1) is 9.65. The second kappa shape index (κ2) is 5.19. The van der Waals surface area contributed by atoms with Crippen LogP contribution in [0.25, 0.3) is 10.8 Å². The number of hydrogen-bond donors (Lipinski definition) is 0. The fourth-order valence-electron chi connectivity index (χ4n) is 1.46. The molecule has 6 nitrogen and oxygen atoms in total. The SMILES string of the molecule is COc1nc(Cl)cc2c(OS(=O)(=O)C(F)(F)F)nccc12. The molecular formula is C10H6ClF3N2O4S. The molecule has 0 atom stereocenters. The number of aromatic nitrogens is 2. The minimum atomic E-state index is -5.84. The third-order valence-corrected chi connectivity index (χ3v) is 3.46. The number of pyridine rings is 2. The topological polar surface area (TPSA) is 78.4 Å². The average Bonchev–Trinajstić information content (AvgIpc) is 2.37. The van der Waals surface area contributed by atoms with Crippen molar-refractivity contribution >= 4 is 32.5 Å². The number of fused-ring (bicyclic) bond motifs is 1. The van der Waals surface area contributed by atoms with Crippen molar-refractivity contribution in [1.82, 2.24) is 9.97 Å². The van der Waals surface area contributed by atoms with E-state index in [1.807, 2.05) is 0 Å². The van der Waals surface area contributed by atoms with Gasteiger partial charge in [-0.1, -0.05) is 11.6 Å². The van der Waals surface area contributed by atoms with Crippen molar-refractivity contribution in [3.8, 4) is 11.8 Å². The molecule has 21 heavy (non-hydrogen) atoms. The summed E-state index contributed by atoms with van der Waals surface area (Å²) in [5.74, 6) is -0.776. The van der Waals surface area contributed by atoms with Crippen LogP contribution >= 0.6 is 11.6 Å². The molecule has 2 aromatic rings. The highest BCUT2D eigenvalue weighted by atomic mass is 35.5. The van der Waals surface area contributed by atoms with Gasteiger partial charge in [0, 0.05) is 6.20 Å². The molecule has 0 radical (unpaired) electrons. The molecule has 0 aliphatic carbocycles. The highest BCUT2D eigenvalue weighted by Crippen LogP contribution is 2.34. The Hall–Kier alpha value is -1.81. The minimum absolute atomic E-state index is 0.00541. The Morgan fingerprint density at radius 3 is 2.48 bits per heavy atom. The predicted octanol–water partition coefficient (Wildman–Crippen LogP) is 2.52. The van der Waals surface area contributed by atoms with Gasteiger partial charge in [0.25, 0.3) is 0 Å². The third-order valence-electron chi connectivity index (χ3n) is 2.32. The van der Waals surface area contributed by atoms with Gasteiger partial charge in [-0.25, -0.2) is 9.97 Å². The monoisotopic (exact) mass is 342 g/mol. The van der Waals surface area contributed by atoms with Crippen LogP contribution in [-0.2, 0) is 10.1 Å². The Morgan fingerprint density at radius 2 is 1.90 bits per heavy atom. The second-order valence-electron chi connectivity index (χ2n) is 3.65. The molecule has 2 aromatic heterocycles. The smallest absolute Gasteiger partial charge is 0.481 e. The lowest BCUT2D eigenvalue weighted by molar-refractivity contribution is -0.0500. The van der Waals surface area contributed by atoms with Gasteiger partial charge in [-0.3, -0.25) is 0 Å². The fraction of sp³-hybridized carbons (Fsp3) is 0.200. The van der Waals surface area contributed by atoms with Gasteiger partial charge in [0.1, 0.15) is 5.15 Å². The Labute approximate surface area is 121 Å². The Balaban J connectivity index is 2.64. The number of nitrogens with zero attached hydrogens (tertiary/aromatic N) is 2. The van der Waals surface area contributed by atoms with E-state index in [0.29, 0.717) is 0 Å². The zero-order valence-corrected chi connectivity index (χ0v) is 11.8. The van der Waals surface area contributed by atoms with Gasteiger partial charge in [-0.05, 0) is 12.1 Å². The number of hydrogen-bond acceptors (Lipinski definition) is 6. The van der Waals surface area contributed by atoms with Crippen molar-refractivity contribution in [1.29, 1.82) is 0 Å². The lowest BCUT2D eigenvalue weighted by atomic mass is 10.2. The molecule has 114 valence electrons. The summed E-state index contributed by atoms with van der Waals surface area (Å²) in [6.07, 6.45) is 1.06. The number of rotatable bonds is 3. The summed E-state index contributed by atoms with van der Waals surface area (Å²) in [5, 5.41) is -0.00643. The molecule has 0 fully saturated rings. The van der Waals surface area contributed by atoms with Crippen LogP contribution in [0.4, 0.5) is 13.2 Å². The summed E-state index contributed by atoms with van der Waals surface area (Å²) in [6, 6.07) is 2.48. The normalized spacial score (nSPS) is 12.4. The number of ether oxygens (including phenoxy) is 1. The first-order valence-corrected chi connectivity index (χ1v) is 6.94. The largest absolute Gasteiger partial charge is 0.534 e. The van der Waals surface area contributed by atoms with Crippen molar-refractivity contribution < 1.29 is 30.5 Å². The van der Waals surface area contributed by atoms with E-state index in [2.05, 4.69) is 14.2 Å². The van der Waals surface area contributed by atoms with Crippen LogP contribution in [0.5, 0.6) is 11.8 Å². The Bertz CT molecular complexity index is 795. The molecule has 0 aromatic carbocycles. The number of methoxy groups -OCH3 is 1. The summed E-state index contributed by atoms with van der Waals surface area (Å²) in [7, 11) is -4.57. The predicted molar refractivity (Wildman–Crippen MR) is 66.7 cm³/mol. The third kappa shape index (κ3) is 2.95. The van der Waals surface area contributed by atoms with Crippen LogP contribution in [0, 0.1) is 0 Å². The summed E-state index contributed by atoms with van der Waals surface area (Å²) in [5.41, 5.74) is -5.57. The highest BCUT2D eigenvalue weighted by Gasteiger charge is 2.49. The van der Waals surface area contributed by atoms with Crippen molar-refractivity contribution in [3.05, 3.63) is 23.5 Å². The lowest BCUT2D eigenvalue weighted by Crippen LogP contribution is -2.28. The van der Waals surface area contributed by atoms with Gasteiger partial charge in [0.15, 0.2) is 0 Å². The van der Waals surface area contributed by atoms with E-state index in [9.17, 15) is 21.6 Å². The molecule has 2 rings (SSSR count). The van der Waals surface area contributed by atoms with E-state index >= 15 is 0 Å². The molecule has 2 heterocycles. The van der Waals surface area contributed by atoms with E-state index < -0.39 is 21.5 Å². The van der Waals surface area contributed by atoms with Gasteiger partial charge in [0.05, 0.1) is 17.9 Å². The Kier molecular flexibility index (Phi) is 3.85. The number of alkyl halides is 3. The molecule has 0 N–H and O–H groups in total. The molecule has 0 unspecified atom stereocenters. The molecule has 0 aliphatic heterocycles. The van der Waals surface area contributed by atoms with Crippen LogP contribution in [0.1, 0.15) is 0 Å². The first-order valence-electron chi connectivity index (χ1n) is 5.15. The summed E-state index contributed by atoms with van der Waals surface area (Å²) < 4.78 is 68.0. The van der Waals surface area contributed by atoms with Crippen molar-refractivity contribution in [2.75, 3.05) is 7.11 Å². The van der Waals surface area contributed by atoms with Crippen LogP contribution in [0.15, 0.2) is 18.3 Å². The van der Waals surface area contributed by atoms with E-state index in [4.69, 9.17) is 16.3 Å². The quantitative estimate of drug-likeness (QED) is 0.484. The van der Waals surface area contributed by atoms with Crippen LogP contribution < -0.4 is 8.92 Å². The molecule has 0 aliphatic rings. The molecule has 0 amide bonds. The van der Waals surface area contributed by atoms with E-state index in [-0.39, 0.29) is 21.8 Å². The molecule has 11 heteroatoms. The average molecular weight is 343 g/mol. The van der Waals surface area contributed by atoms with Crippen molar-refractivity contribution in [2.45, 2.75) is 5.51 Å². The molecule has 0 saturated carbocycles. The maximum absolute atomic E-state index is 12.3. The maximum atomic E-state index is 12.3. The second-order valence-corrected chi connectivity index (χ2v) is 5.57. The maximum Gasteiger partial charge on any atom is 0.534 e. The summed E-state index contributed by atoms with van der Waals surface area (Å²) >= 11 is 5.69. The lowest BCUT2D eigenvalue weighted by Gasteiger charge is -2.11. The van der Waals surface area contributed by atoms with Gasteiger partial charge < -0.3 is 8.92 Å². The standard InChI is InChI=1S/C10H6ClF3N2O4S/c1-19-9-5-2-3-15-8(6(5)4-7(11)16-9)20-21(17,18)10(12,13)14/h2-4H,1H3. The highest BCUT2D eigenvalue weighted by molar-refractivity contribution is 7.88. The van der Waals surface area contributed by atoms with Gasteiger partial charge >= 0.3 is 15.6 Å². The summed E-state index contributed by atoms with van der Waals surface area (Å²) in [6.45, 7) is 0.